The molecule has 1 heterocycles. The van der Waals surface area contributed by atoms with E-state index in [0.29, 0.717) is 30.3 Å². The third-order valence-corrected chi connectivity index (χ3v) is 4.83. The number of nitrogens with zero attached hydrogens (tertiary/aromatic N) is 3. The van der Waals surface area contributed by atoms with Crippen LogP contribution in [0.2, 0.25) is 19.5 Å². The maximum absolute atomic E-state index is 14.6. The van der Waals surface area contributed by atoms with Crippen molar-refractivity contribution in [3.05, 3.63) is 11.4 Å². The smallest absolute Gasteiger partial charge is 0.249 e. The Bertz CT molecular complexity index is 479. The van der Waals surface area contributed by atoms with E-state index in [1.165, 1.54) is 4.68 Å². The average Bonchev–Trinajstić information content (AvgIpc) is 2.88. The van der Waals surface area contributed by atoms with Crippen LogP contribution >= 0.6 is 0 Å². The molecule has 21 heavy (non-hydrogen) atoms. The summed E-state index contributed by atoms with van der Waals surface area (Å²) in [5, 5.41) is 8.03. The highest BCUT2D eigenvalue weighted by Gasteiger charge is 2.41. The SMILES string of the molecule is C[B]C(C)n1nnc2c1C(F)(F)CCC([C@H](C)[B]C)CC2. The summed E-state index contributed by atoms with van der Waals surface area (Å²) in [5.41, 5.74) is 0.501. The molecule has 114 valence electrons. The van der Waals surface area contributed by atoms with Gasteiger partial charge in [0.25, 0.3) is 5.92 Å². The number of hydrogen-bond acceptors (Lipinski definition) is 2. The minimum absolute atomic E-state index is 0.0275. The van der Waals surface area contributed by atoms with E-state index in [1.54, 1.807) is 0 Å². The van der Waals surface area contributed by atoms with Crippen LogP contribution < -0.4 is 0 Å². The Morgan fingerprint density at radius 1 is 1.24 bits per heavy atom. The van der Waals surface area contributed by atoms with Crippen molar-refractivity contribution >= 4 is 14.6 Å². The lowest BCUT2D eigenvalue weighted by atomic mass is 9.60. The van der Waals surface area contributed by atoms with Crippen molar-refractivity contribution in [1.29, 1.82) is 0 Å². The number of alkyl halides is 2. The quantitative estimate of drug-likeness (QED) is 0.795. The number of fused-ring (bicyclic) bond motifs is 1. The first-order valence-electron chi connectivity index (χ1n) is 7.82. The van der Waals surface area contributed by atoms with Crippen LogP contribution in [0, 0.1) is 5.92 Å². The van der Waals surface area contributed by atoms with Gasteiger partial charge in [-0.25, -0.2) is 4.68 Å². The van der Waals surface area contributed by atoms with Gasteiger partial charge >= 0.3 is 0 Å². The predicted molar refractivity (Wildman–Crippen MR) is 82.3 cm³/mol. The Balaban J connectivity index is 2.33. The molecule has 1 aromatic rings. The van der Waals surface area contributed by atoms with Gasteiger partial charge in [0, 0.05) is 12.4 Å². The molecule has 3 atom stereocenters. The van der Waals surface area contributed by atoms with Gasteiger partial charge in [0.1, 0.15) is 20.3 Å². The van der Waals surface area contributed by atoms with Crippen LogP contribution in [0.4, 0.5) is 8.78 Å². The van der Waals surface area contributed by atoms with E-state index < -0.39 is 5.92 Å². The number of hydrogen-bond donors (Lipinski definition) is 0. The van der Waals surface area contributed by atoms with E-state index in [0.717, 1.165) is 6.42 Å². The second kappa shape index (κ2) is 6.49. The molecule has 0 saturated heterocycles. The molecule has 0 spiro atoms. The normalized spacial score (nSPS) is 24.4. The molecule has 1 aliphatic carbocycles. The van der Waals surface area contributed by atoms with Crippen LogP contribution in [0.15, 0.2) is 0 Å². The number of halogens is 2. The van der Waals surface area contributed by atoms with Gasteiger partial charge in [-0.2, -0.15) is 8.78 Å². The number of aryl methyl sites for hydroxylation is 1. The molecule has 0 amide bonds. The van der Waals surface area contributed by atoms with Gasteiger partial charge in [0.15, 0.2) is 0 Å². The summed E-state index contributed by atoms with van der Waals surface area (Å²) in [7, 11) is 3.97. The first-order valence-corrected chi connectivity index (χ1v) is 7.82. The van der Waals surface area contributed by atoms with E-state index in [4.69, 9.17) is 0 Å². The Kier molecular flexibility index (Phi) is 5.10. The van der Waals surface area contributed by atoms with Crippen molar-refractivity contribution < 1.29 is 8.78 Å². The minimum Gasteiger partial charge on any atom is -0.249 e. The Morgan fingerprint density at radius 2 is 1.95 bits per heavy atom. The maximum Gasteiger partial charge on any atom is 0.291 e. The Labute approximate surface area is 127 Å². The fourth-order valence-corrected chi connectivity index (χ4v) is 3.05. The summed E-state index contributed by atoms with van der Waals surface area (Å²) < 4.78 is 30.7. The second-order valence-corrected chi connectivity index (χ2v) is 6.14. The molecule has 0 aromatic carbocycles. The van der Waals surface area contributed by atoms with E-state index >= 15 is 0 Å². The molecule has 0 saturated carbocycles. The van der Waals surface area contributed by atoms with E-state index in [1.807, 2.05) is 27.8 Å². The largest absolute Gasteiger partial charge is 0.291 e. The molecule has 0 bridgehead atoms. The minimum atomic E-state index is -2.85. The summed E-state index contributed by atoms with van der Waals surface area (Å²) in [6.45, 7) is 7.83. The number of aromatic nitrogens is 3. The fourth-order valence-electron chi connectivity index (χ4n) is 3.05. The summed E-state index contributed by atoms with van der Waals surface area (Å²) >= 11 is 0. The lowest BCUT2D eigenvalue weighted by molar-refractivity contribution is -0.0312. The highest BCUT2D eigenvalue weighted by atomic mass is 19.3. The molecule has 2 radical (unpaired) electrons. The van der Waals surface area contributed by atoms with Gasteiger partial charge in [-0.1, -0.05) is 38.5 Å². The zero-order valence-corrected chi connectivity index (χ0v) is 13.3. The molecule has 7 heteroatoms. The maximum atomic E-state index is 14.6. The van der Waals surface area contributed by atoms with Crippen LogP contribution in [-0.2, 0) is 12.3 Å². The molecule has 3 nitrogen and oxygen atoms in total. The van der Waals surface area contributed by atoms with E-state index in [9.17, 15) is 8.78 Å². The highest BCUT2D eigenvalue weighted by molar-refractivity contribution is 6.35. The van der Waals surface area contributed by atoms with Crippen molar-refractivity contribution in [2.24, 2.45) is 5.92 Å². The van der Waals surface area contributed by atoms with Crippen LogP contribution in [-0.4, -0.2) is 29.6 Å². The predicted octanol–water partition coefficient (Wildman–Crippen LogP) is 3.54. The molecule has 1 aliphatic rings. The van der Waals surface area contributed by atoms with Crippen LogP contribution in [0.1, 0.15) is 50.4 Å². The topological polar surface area (TPSA) is 30.7 Å². The Hall–Kier alpha value is -0.870. The molecule has 0 N–H and O–H groups in total. The summed E-state index contributed by atoms with van der Waals surface area (Å²) in [4.78, 5) is 0. The molecule has 0 fully saturated rings. The zero-order valence-electron chi connectivity index (χ0n) is 13.3. The van der Waals surface area contributed by atoms with Crippen LogP contribution in [0.5, 0.6) is 0 Å². The van der Waals surface area contributed by atoms with E-state index in [-0.39, 0.29) is 18.1 Å². The molecular weight excluding hydrogens is 270 g/mol. The molecule has 1 aromatic heterocycles. The fraction of sp³-hybridized carbons (Fsp3) is 0.857. The molecule has 2 rings (SSSR count). The molecule has 0 aliphatic heterocycles. The third-order valence-electron chi connectivity index (χ3n) is 4.83. The second-order valence-electron chi connectivity index (χ2n) is 6.14. The lowest BCUT2D eigenvalue weighted by Crippen LogP contribution is -2.28. The van der Waals surface area contributed by atoms with Gasteiger partial charge in [-0.3, -0.25) is 0 Å². The van der Waals surface area contributed by atoms with Gasteiger partial charge in [0.05, 0.1) is 5.69 Å². The monoisotopic (exact) mass is 293 g/mol. The van der Waals surface area contributed by atoms with Gasteiger partial charge in [0.2, 0.25) is 0 Å². The highest BCUT2D eigenvalue weighted by Crippen LogP contribution is 2.41. The molecular formula is C14H23B2F2N3. The molecule has 2 unspecified atom stereocenters. The van der Waals surface area contributed by atoms with Gasteiger partial charge in [-0.15, -0.1) is 5.10 Å². The summed E-state index contributed by atoms with van der Waals surface area (Å²) in [6, 6.07) is 0. The lowest BCUT2D eigenvalue weighted by Gasteiger charge is -2.29. The van der Waals surface area contributed by atoms with Crippen molar-refractivity contribution in [3.8, 4) is 0 Å². The first kappa shape index (κ1) is 16.5. The van der Waals surface area contributed by atoms with Gasteiger partial charge in [-0.05, 0) is 25.2 Å². The average molecular weight is 293 g/mol. The van der Waals surface area contributed by atoms with Crippen molar-refractivity contribution in [2.45, 2.75) is 70.9 Å². The van der Waals surface area contributed by atoms with E-state index in [2.05, 4.69) is 24.5 Å². The van der Waals surface area contributed by atoms with Crippen molar-refractivity contribution in [3.63, 3.8) is 0 Å². The summed E-state index contributed by atoms with van der Waals surface area (Å²) in [6.07, 6.45) is 1.92. The van der Waals surface area contributed by atoms with Crippen molar-refractivity contribution in [1.82, 2.24) is 15.0 Å². The van der Waals surface area contributed by atoms with Gasteiger partial charge < -0.3 is 0 Å². The van der Waals surface area contributed by atoms with Crippen LogP contribution in [0.25, 0.3) is 0 Å². The van der Waals surface area contributed by atoms with Crippen LogP contribution in [0.3, 0.4) is 0 Å². The summed E-state index contributed by atoms with van der Waals surface area (Å²) in [5.74, 6) is -2.35. The van der Waals surface area contributed by atoms with Crippen molar-refractivity contribution in [2.75, 3.05) is 0 Å². The third kappa shape index (κ3) is 3.32. The zero-order chi connectivity index (χ0) is 15.6. The first-order chi connectivity index (χ1) is 9.90. The Morgan fingerprint density at radius 3 is 2.57 bits per heavy atom. The standard InChI is InChI=1S/C14H23B2F2N3/c1-9(15-3)11-5-6-12-13(14(17,18)8-7-11)21(20-19-12)10(2)16-4/h9-11H,5-8H2,1-4H3/t9-,10?,11?/m0/s1. The number of rotatable bonds is 4.